The van der Waals surface area contributed by atoms with Gasteiger partial charge in [0.05, 0.1) is 12.7 Å². The first-order valence-electron chi connectivity index (χ1n) is 5.26. The summed E-state index contributed by atoms with van der Waals surface area (Å²) in [5.41, 5.74) is 1.29. The number of nitrogens with zero attached hydrogens (tertiary/aromatic N) is 2. The van der Waals surface area contributed by atoms with Gasteiger partial charge in [0.15, 0.2) is 6.10 Å². The molecule has 3 nitrogen and oxygen atoms in total. The Morgan fingerprint density at radius 1 is 1.44 bits per heavy atom. The average Bonchev–Trinajstić information content (AvgIpc) is 2.32. The van der Waals surface area contributed by atoms with E-state index in [2.05, 4.69) is 57.8 Å². The van der Waals surface area contributed by atoms with E-state index in [1.165, 1.54) is 9.13 Å². The van der Waals surface area contributed by atoms with Crippen LogP contribution in [0.1, 0.15) is 5.56 Å². The van der Waals surface area contributed by atoms with Gasteiger partial charge in [-0.2, -0.15) is 5.26 Å². The molecule has 0 aliphatic carbocycles. The van der Waals surface area contributed by atoms with Crippen LogP contribution in [-0.4, -0.2) is 30.7 Å². The lowest BCUT2D eigenvalue weighted by molar-refractivity contribution is -0.00269. The van der Waals surface area contributed by atoms with Crippen LogP contribution < -0.4 is 0 Å². The van der Waals surface area contributed by atoms with Crippen LogP contribution in [0.4, 0.5) is 0 Å². The molecular weight excluding hydrogens is 315 g/mol. The third kappa shape index (κ3) is 3.17. The fourth-order valence-corrected chi connectivity index (χ4v) is 2.13. The number of hydrogen-bond donors (Lipinski definition) is 0. The quantitative estimate of drug-likeness (QED) is 0.780. The Bertz CT molecular complexity index is 385. The first-order chi connectivity index (χ1) is 7.78. The molecule has 1 fully saturated rings. The molecule has 1 unspecified atom stereocenters. The molecule has 0 N–H and O–H groups in total. The predicted octanol–water partition coefficient (Wildman–Crippen LogP) is 2.02. The van der Waals surface area contributed by atoms with Crippen molar-refractivity contribution in [3.8, 4) is 6.07 Å². The lowest BCUT2D eigenvalue weighted by atomic mass is 10.2. The van der Waals surface area contributed by atoms with Crippen LogP contribution in [0.2, 0.25) is 0 Å². The topological polar surface area (TPSA) is 36.3 Å². The Hall–Kier alpha value is -0.640. The van der Waals surface area contributed by atoms with E-state index in [1.54, 1.807) is 0 Å². The van der Waals surface area contributed by atoms with E-state index >= 15 is 0 Å². The average molecular weight is 328 g/mol. The molecular formula is C12H13IN2O. The van der Waals surface area contributed by atoms with Crippen molar-refractivity contribution in [2.24, 2.45) is 0 Å². The minimum absolute atomic E-state index is 0.266. The van der Waals surface area contributed by atoms with E-state index in [4.69, 9.17) is 10.00 Å². The molecule has 0 bridgehead atoms. The van der Waals surface area contributed by atoms with Crippen LogP contribution in [0.15, 0.2) is 24.3 Å². The van der Waals surface area contributed by atoms with Gasteiger partial charge in [-0.1, -0.05) is 12.1 Å². The van der Waals surface area contributed by atoms with Crippen molar-refractivity contribution in [2.75, 3.05) is 19.7 Å². The van der Waals surface area contributed by atoms with Gasteiger partial charge < -0.3 is 4.74 Å². The van der Waals surface area contributed by atoms with E-state index in [-0.39, 0.29) is 6.10 Å². The highest BCUT2D eigenvalue weighted by molar-refractivity contribution is 14.1. The van der Waals surface area contributed by atoms with E-state index in [0.717, 1.165) is 13.1 Å². The van der Waals surface area contributed by atoms with Crippen LogP contribution in [0.25, 0.3) is 0 Å². The van der Waals surface area contributed by atoms with Crippen molar-refractivity contribution < 1.29 is 4.74 Å². The molecule has 1 atom stereocenters. The van der Waals surface area contributed by atoms with Crippen molar-refractivity contribution >= 4 is 22.6 Å². The summed E-state index contributed by atoms with van der Waals surface area (Å²) >= 11 is 2.30. The van der Waals surface area contributed by atoms with Gasteiger partial charge in [0, 0.05) is 23.2 Å². The van der Waals surface area contributed by atoms with E-state index < -0.39 is 0 Å². The minimum atomic E-state index is -0.266. The number of morpholine rings is 1. The number of benzene rings is 1. The van der Waals surface area contributed by atoms with Gasteiger partial charge in [-0.3, -0.25) is 4.90 Å². The van der Waals surface area contributed by atoms with Crippen molar-refractivity contribution in [2.45, 2.75) is 12.6 Å². The SMILES string of the molecule is N#CC1CN(Cc2ccc(I)cc2)CCO1. The predicted molar refractivity (Wildman–Crippen MR) is 69.8 cm³/mol. The molecule has 1 saturated heterocycles. The molecule has 0 saturated carbocycles. The highest BCUT2D eigenvalue weighted by Gasteiger charge is 2.19. The van der Waals surface area contributed by atoms with E-state index in [9.17, 15) is 0 Å². The fraction of sp³-hybridized carbons (Fsp3) is 0.417. The third-order valence-electron chi connectivity index (χ3n) is 2.61. The fourth-order valence-electron chi connectivity index (χ4n) is 1.77. The maximum atomic E-state index is 8.81. The monoisotopic (exact) mass is 328 g/mol. The highest BCUT2D eigenvalue weighted by atomic mass is 127. The Kier molecular flexibility index (Phi) is 4.16. The number of ether oxygens (including phenoxy) is 1. The van der Waals surface area contributed by atoms with Gasteiger partial charge in [0.25, 0.3) is 0 Å². The first-order valence-corrected chi connectivity index (χ1v) is 6.34. The van der Waals surface area contributed by atoms with E-state index in [0.29, 0.717) is 13.2 Å². The second-order valence-electron chi connectivity index (χ2n) is 3.85. The van der Waals surface area contributed by atoms with Crippen molar-refractivity contribution in [3.63, 3.8) is 0 Å². The summed E-state index contributed by atoms with van der Waals surface area (Å²) in [6, 6.07) is 10.7. The number of rotatable bonds is 2. The summed E-state index contributed by atoms with van der Waals surface area (Å²) in [5, 5.41) is 8.81. The Labute approximate surface area is 109 Å². The molecule has 0 radical (unpaired) electrons. The van der Waals surface area contributed by atoms with Crippen LogP contribution in [0, 0.1) is 14.9 Å². The molecule has 1 aliphatic heterocycles. The normalized spacial score (nSPS) is 21.6. The maximum absolute atomic E-state index is 8.81. The second-order valence-corrected chi connectivity index (χ2v) is 5.10. The van der Waals surface area contributed by atoms with Gasteiger partial charge in [-0.15, -0.1) is 0 Å². The Morgan fingerprint density at radius 3 is 2.88 bits per heavy atom. The molecule has 1 aliphatic rings. The van der Waals surface area contributed by atoms with Gasteiger partial charge in [-0.05, 0) is 40.3 Å². The minimum Gasteiger partial charge on any atom is -0.361 e. The lowest BCUT2D eigenvalue weighted by Gasteiger charge is -2.29. The zero-order chi connectivity index (χ0) is 11.4. The summed E-state index contributed by atoms with van der Waals surface area (Å²) in [5.74, 6) is 0. The van der Waals surface area contributed by atoms with E-state index in [1.807, 2.05) is 0 Å². The van der Waals surface area contributed by atoms with Crippen molar-refractivity contribution in [1.29, 1.82) is 5.26 Å². The van der Waals surface area contributed by atoms with Gasteiger partial charge in [0.1, 0.15) is 0 Å². The molecule has 0 spiro atoms. The summed E-state index contributed by atoms with van der Waals surface area (Å²) in [4.78, 5) is 2.26. The molecule has 0 amide bonds. The van der Waals surface area contributed by atoms with Crippen LogP contribution in [0.3, 0.4) is 0 Å². The van der Waals surface area contributed by atoms with Crippen molar-refractivity contribution in [3.05, 3.63) is 33.4 Å². The molecule has 4 heteroatoms. The molecule has 1 aromatic carbocycles. The summed E-state index contributed by atoms with van der Waals surface area (Å²) in [6.45, 7) is 3.17. The van der Waals surface area contributed by atoms with Gasteiger partial charge >= 0.3 is 0 Å². The molecule has 2 rings (SSSR count). The molecule has 1 aromatic rings. The molecule has 1 heterocycles. The zero-order valence-electron chi connectivity index (χ0n) is 8.90. The number of hydrogen-bond acceptors (Lipinski definition) is 3. The summed E-state index contributed by atoms with van der Waals surface area (Å²) in [7, 11) is 0. The summed E-state index contributed by atoms with van der Waals surface area (Å²) < 4.78 is 6.56. The van der Waals surface area contributed by atoms with Crippen molar-refractivity contribution in [1.82, 2.24) is 4.90 Å². The summed E-state index contributed by atoms with van der Waals surface area (Å²) in [6.07, 6.45) is -0.266. The van der Waals surface area contributed by atoms with Crippen LogP contribution >= 0.6 is 22.6 Å². The number of halogens is 1. The highest BCUT2D eigenvalue weighted by Crippen LogP contribution is 2.12. The van der Waals surface area contributed by atoms with Crippen LogP contribution in [-0.2, 0) is 11.3 Å². The standard InChI is InChI=1S/C12H13IN2O/c13-11-3-1-10(2-4-11)8-15-5-6-16-12(7-14)9-15/h1-4,12H,5-6,8-9H2. The Balaban J connectivity index is 1.94. The molecule has 0 aromatic heterocycles. The Morgan fingerprint density at radius 2 is 2.19 bits per heavy atom. The lowest BCUT2D eigenvalue weighted by Crippen LogP contribution is -2.41. The molecule has 84 valence electrons. The maximum Gasteiger partial charge on any atom is 0.156 e. The van der Waals surface area contributed by atoms with Gasteiger partial charge in [-0.25, -0.2) is 0 Å². The smallest absolute Gasteiger partial charge is 0.156 e. The van der Waals surface area contributed by atoms with Gasteiger partial charge in [0.2, 0.25) is 0 Å². The second kappa shape index (κ2) is 5.62. The first kappa shape index (κ1) is 11.8. The third-order valence-corrected chi connectivity index (χ3v) is 3.33. The zero-order valence-corrected chi connectivity index (χ0v) is 11.1. The number of nitriles is 1. The largest absolute Gasteiger partial charge is 0.361 e. The molecule has 16 heavy (non-hydrogen) atoms. The van der Waals surface area contributed by atoms with Crippen LogP contribution in [0.5, 0.6) is 0 Å².